The van der Waals surface area contributed by atoms with Crippen molar-refractivity contribution >= 4 is 12.4 Å². The molecule has 2 unspecified atom stereocenters. The van der Waals surface area contributed by atoms with Crippen molar-refractivity contribution in [3.8, 4) is 5.75 Å². The Morgan fingerprint density at radius 2 is 2.18 bits per heavy atom. The zero-order chi connectivity index (χ0) is 14.5. The highest BCUT2D eigenvalue weighted by atomic mass is 35.5. The van der Waals surface area contributed by atoms with E-state index in [1.54, 1.807) is 0 Å². The SMILES string of the molecule is CC1(CN2CCOC(COc3ccccc3)C2)CCNC1.Cl. The van der Waals surface area contributed by atoms with E-state index in [0.29, 0.717) is 12.0 Å². The number of benzene rings is 1. The zero-order valence-corrected chi connectivity index (χ0v) is 14.1. The highest BCUT2D eigenvalue weighted by Gasteiger charge is 2.32. The number of hydrogen-bond donors (Lipinski definition) is 1. The van der Waals surface area contributed by atoms with Crippen molar-refractivity contribution in [1.29, 1.82) is 0 Å². The molecule has 1 aromatic carbocycles. The Kier molecular flexibility index (Phi) is 6.50. The van der Waals surface area contributed by atoms with Crippen LogP contribution in [0.1, 0.15) is 13.3 Å². The maximum absolute atomic E-state index is 5.85. The third-order valence-corrected chi connectivity index (χ3v) is 4.46. The fourth-order valence-electron chi connectivity index (χ4n) is 3.27. The first-order valence-corrected chi connectivity index (χ1v) is 7.96. The van der Waals surface area contributed by atoms with Crippen molar-refractivity contribution in [3.05, 3.63) is 30.3 Å². The van der Waals surface area contributed by atoms with E-state index in [1.165, 1.54) is 6.42 Å². The molecular weight excluding hydrogens is 300 g/mol. The van der Waals surface area contributed by atoms with Crippen LogP contribution >= 0.6 is 12.4 Å². The molecule has 0 saturated carbocycles. The minimum absolute atomic E-state index is 0. The topological polar surface area (TPSA) is 33.7 Å². The molecular formula is C17H27ClN2O2. The van der Waals surface area contributed by atoms with Crippen LogP contribution in [0.15, 0.2) is 30.3 Å². The van der Waals surface area contributed by atoms with Crippen molar-refractivity contribution in [3.63, 3.8) is 0 Å². The molecule has 2 heterocycles. The van der Waals surface area contributed by atoms with Gasteiger partial charge in [-0.25, -0.2) is 0 Å². The molecule has 0 aromatic heterocycles. The first-order valence-electron chi connectivity index (χ1n) is 7.96. The van der Waals surface area contributed by atoms with E-state index < -0.39 is 0 Å². The van der Waals surface area contributed by atoms with Crippen LogP contribution in [0, 0.1) is 5.41 Å². The van der Waals surface area contributed by atoms with Gasteiger partial charge in [-0.05, 0) is 30.5 Å². The second-order valence-corrected chi connectivity index (χ2v) is 6.59. The number of rotatable bonds is 5. The van der Waals surface area contributed by atoms with Gasteiger partial charge in [-0.2, -0.15) is 0 Å². The van der Waals surface area contributed by atoms with Crippen molar-refractivity contribution < 1.29 is 9.47 Å². The predicted octanol–water partition coefficient (Wildman–Crippen LogP) is 2.19. The summed E-state index contributed by atoms with van der Waals surface area (Å²) in [6.45, 7) is 9.29. The molecule has 1 aromatic rings. The normalized spacial score (nSPS) is 29.0. The van der Waals surface area contributed by atoms with E-state index >= 15 is 0 Å². The Morgan fingerprint density at radius 1 is 1.36 bits per heavy atom. The van der Waals surface area contributed by atoms with Crippen LogP contribution in [-0.2, 0) is 4.74 Å². The summed E-state index contributed by atoms with van der Waals surface area (Å²) in [4.78, 5) is 2.54. The lowest BCUT2D eigenvalue weighted by atomic mass is 9.89. The molecule has 124 valence electrons. The van der Waals surface area contributed by atoms with Gasteiger partial charge in [0.2, 0.25) is 0 Å². The summed E-state index contributed by atoms with van der Waals surface area (Å²) in [5.41, 5.74) is 0.419. The quantitative estimate of drug-likeness (QED) is 0.899. The molecule has 0 aliphatic carbocycles. The molecule has 1 N–H and O–H groups in total. The molecule has 4 nitrogen and oxygen atoms in total. The first kappa shape index (κ1) is 17.5. The second-order valence-electron chi connectivity index (χ2n) is 6.59. The van der Waals surface area contributed by atoms with Crippen LogP contribution in [0.3, 0.4) is 0 Å². The van der Waals surface area contributed by atoms with Gasteiger partial charge in [0.15, 0.2) is 0 Å². The molecule has 0 radical (unpaired) electrons. The average molecular weight is 327 g/mol. The van der Waals surface area contributed by atoms with Crippen molar-refractivity contribution in [2.45, 2.75) is 19.4 Å². The van der Waals surface area contributed by atoms with Crippen LogP contribution in [-0.4, -0.2) is 56.9 Å². The molecule has 2 aliphatic rings. The summed E-state index contributed by atoms with van der Waals surface area (Å²) >= 11 is 0. The molecule has 2 fully saturated rings. The lowest BCUT2D eigenvalue weighted by molar-refractivity contribution is -0.0560. The third-order valence-electron chi connectivity index (χ3n) is 4.46. The number of morpholine rings is 1. The third kappa shape index (κ3) is 4.85. The highest BCUT2D eigenvalue weighted by Crippen LogP contribution is 2.26. The van der Waals surface area contributed by atoms with Crippen LogP contribution in [0.2, 0.25) is 0 Å². The Labute approximate surface area is 139 Å². The number of nitrogens with one attached hydrogen (secondary N) is 1. The maximum atomic E-state index is 5.85. The van der Waals surface area contributed by atoms with Gasteiger partial charge < -0.3 is 14.8 Å². The van der Waals surface area contributed by atoms with E-state index in [-0.39, 0.29) is 18.5 Å². The van der Waals surface area contributed by atoms with Gasteiger partial charge in [0.1, 0.15) is 18.5 Å². The van der Waals surface area contributed by atoms with E-state index in [1.807, 2.05) is 30.3 Å². The predicted molar refractivity (Wildman–Crippen MR) is 91.0 cm³/mol. The Balaban J connectivity index is 0.00000176. The fourth-order valence-corrected chi connectivity index (χ4v) is 3.27. The summed E-state index contributed by atoms with van der Waals surface area (Å²) in [6.07, 6.45) is 1.45. The minimum Gasteiger partial charge on any atom is -0.491 e. The van der Waals surface area contributed by atoms with Gasteiger partial charge in [-0.3, -0.25) is 4.90 Å². The van der Waals surface area contributed by atoms with Crippen molar-refractivity contribution in [2.24, 2.45) is 5.41 Å². The number of ether oxygens (including phenoxy) is 2. The van der Waals surface area contributed by atoms with E-state index in [4.69, 9.17) is 9.47 Å². The van der Waals surface area contributed by atoms with Crippen LogP contribution in [0.25, 0.3) is 0 Å². The molecule has 0 spiro atoms. The van der Waals surface area contributed by atoms with E-state index in [9.17, 15) is 0 Å². The Bertz CT molecular complexity index is 438. The van der Waals surface area contributed by atoms with E-state index in [0.717, 1.165) is 45.1 Å². The maximum Gasteiger partial charge on any atom is 0.119 e. The minimum atomic E-state index is 0. The molecule has 3 rings (SSSR count). The summed E-state index contributed by atoms with van der Waals surface area (Å²) < 4.78 is 11.7. The molecule has 0 bridgehead atoms. The molecule has 2 atom stereocenters. The van der Waals surface area contributed by atoms with Gasteiger partial charge in [-0.15, -0.1) is 12.4 Å². The number of nitrogens with zero attached hydrogens (tertiary/aromatic N) is 1. The number of para-hydroxylation sites is 1. The van der Waals surface area contributed by atoms with Crippen LogP contribution < -0.4 is 10.1 Å². The van der Waals surface area contributed by atoms with Gasteiger partial charge in [0.25, 0.3) is 0 Å². The summed E-state index contributed by atoms with van der Waals surface area (Å²) in [5.74, 6) is 0.921. The number of hydrogen-bond acceptors (Lipinski definition) is 4. The van der Waals surface area contributed by atoms with Gasteiger partial charge >= 0.3 is 0 Å². The Morgan fingerprint density at radius 3 is 2.91 bits per heavy atom. The standard InChI is InChI=1S/C17H26N2O2.ClH/c1-17(7-8-18-13-17)14-19-9-10-20-16(11-19)12-21-15-5-3-2-4-6-15;/h2-6,16,18H,7-14H2,1H3;1H. The monoisotopic (exact) mass is 326 g/mol. The van der Waals surface area contributed by atoms with Crippen LogP contribution in [0.5, 0.6) is 5.75 Å². The summed E-state index contributed by atoms with van der Waals surface area (Å²) in [6, 6.07) is 9.98. The average Bonchev–Trinajstić information content (AvgIpc) is 2.93. The Hall–Kier alpha value is -0.810. The summed E-state index contributed by atoms with van der Waals surface area (Å²) in [5, 5.41) is 3.48. The zero-order valence-electron chi connectivity index (χ0n) is 13.3. The van der Waals surface area contributed by atoms with E-state index in [2.05, 4.69) is 17.1 Å². The molecule has 0 amide bonds. The molecule has 22 heavy (non-hydrogen) atoms. The largest absolute Gasteiger partial charge is 0.491 e. The summed E-state index contributed by atoms with van der Waals surface area (Å²) in [7, 11) is 0. The van der Waals surface area contributed by atoms with Gasteiger partial charge in [0.05, 0.1) is 6.61 Å². The lowest BCUT2D eigenvalue weighted by Crippen LogP contribution is -2.48. The van der Waals surface area contributed by atoms with Gasteiger partial charge in [-0.1, -0.05) is 25.1 Å². The van der Waals surface area contributed by atoms with Crippen molar-refractivity contribution in [1.82, 2.24) is 10.2 Å². The second kappa shape index (κ2) is 8.16. The fraction of sp³-hybridized carbons (Fsp3) is 0.647. The lowest BCUT2D eigenvalue weighted by Gasteiger charge is -2.37. The molecule has 2 aliphatic heterocycles. The number of halogens is 1. The molecule has 5 heteroatoms. The van der Waals surface area contributed by atoms with Crippen molar-refractivity contribution in [2.75, 3.05) is 45.9 Å². The smallest absolute Gasteiger partial charge is 0.119 e. The molecule has 2 saturated heterocycles. The van der Waals surface area contributed by atoms with Gasteiger partial charge in [0, 0.05) is 26.2 Å². The first-order chi connectivity index (χ1) is 10.2. The highest BCUT2D eigenvalue weighted by molar-refractivity contribution is 5.85. The van der Waals surface area contributed by atoms with Crippen LogP contribution in [0.4, 0.5) is 0 Å².